The van der Waals surface area contributed by atoms with E-state index in [0.717, 1.165) is 11.1 Å². The van der Waals surface area contributed by atoms with Crippen LogP contribution in [0.25, 0.3) is 0 Å². The Bertz CT molecular complexity index is 1090. The zero-order valence-electron chi connectivity index (χ0n) is 17.7. The van der Waals surface area contributed by atoms with Gasteiger partial charge in [0.1, 0.15) is 11.0 Å². The molecule has 2 aromatic carbocycles. The van der Waals surface area contributed by atoms with Crippen molar-refractivity contribution in [2.45, 2.75) is 43.3 Å². The summed E-state index contributed by atoms with van der Waals surface area (Å²) in [4.78, 5) is 12.8. The summed E-state index contributed by atoms with van der Waals surface area (Å²) < 4.78 is 31.9. The van der Waals surface area contributed by atoms with Crippen LogP contribution in [0.15, 0.2) is 76.2 Å². The van der Waals surface area contributed by atoms with Crippen LogP contribution in [0.2, 0.25) is 0 Å². The highest BCUT2D eigenvalue weighted by molar-refractivity contribution is 7.91. The molecule has 158 valence electrons. The fourth-order valence-corrected chi connectivity index (χ4v) is 4.73. The average Bonchev–Trinajstić information content (AvgIpc) is 3.22. The molecule has 0 unspecified atom stereocenters. The van der Waals surface area contributed by atoms with Crippen molar-refractivity contribution in [3.8, 4) is 0 Å². The second kappa shape index (κ2) is 8.48. The van der Waals surface area contributed by atoms with Crippen molar-refractivity contribution in [3.05, 3.63) is 89.4 Å². The van der Waals surface area contributed by atoms with E-state index in [0.29, 0.717) is 11.3 Å². The first-order valence-electron chi connectivity index (χ1n) is 9.82. The van der Waals surface area contributed by atoms with Crippen molar-refractivity contribution in [2.24, 2.45) is 0 Å². The number of carbonyl (C=O) groups is 1. The Morgan fingerprint density at radius 1 is 1.00 bits per heavy atom. The Morgan fingerprint density at radius 3 is 2.17 bits per heavy atom. The van der Waals surface area contributed by atoms with E-state index in [-0.39, 0.29) is 22.8 Å². The molecule has 0 bridgehead atoms. The number of amides is 1. The summed E-state index contributed by atoms with van der Waals surface area (Å²) in [5, 5.41) is 1.73. The van der Waals surface area contributed by atoms with Crippen LogP contribution in [0.3, 0.4) is 0 Å². The maximum Gasteiger partial charge on any atom is 0.251 e. The lowest BCUT2D eigenvalue weighted by molar-refractivity contribution is 0.0953. The number of hydrogen-bond acceptors (Lipinski definition) is 4. The normalized spacial score (nSPS) is 13.1. The zero-order chi connectivity index (χ0) is 21.9. The molecule has 3 aromatic rings. The molecule has 6 heteroatoms. The first-order valence-corrected chi connectivity index (χ1v) is 11.4. The lowest BCUT2D eigenvalue weighted by Gasteiger charge is -2.19. The molecule has 0 radical (unpaired) electrons. The van der Waals surface area contributed by atoms with Gasteiger partial charge in [-0.1, -0.05) is 50.6 Å². The van der Waals surface area contributed by atoms with Gasteiger partial charge in [-0.2, -0.15) is 0 Å². The molecule has 1 heterocycles. The Hall–Kier alpha value is -2.86. The predicted molar refractivity (Wildman–Crippen MR) is 117 cm³/mol. The van der Waals surface area contributed by atoms with Crippen LogP contribution < -0.4 is 5.32 Å². The van der Waals surface area contributed by atoms with Crippen LogP contribution in [0.5, 0.6) is 0 Å². The maximum atomic E-state index is 13.2. The second-order valence-electron chi connectivity index (χ2n) is 8.40. The van der Waals surface area contributed by atoms with E-state index in [1.807, 2.05) is 19.1 Å². The van der Waals surface area contributed by atoms with Crippen molar-refractivity contribution < 1.29 is 17.6 Å². The fourth-order valence-electron chi connectivity index (χ4n) is 3.14. The van der Waals surface area contributed by atoms with Gasteiger partial charge in [0.2, 0.25) is 0 Å². The van der Waals surface area contributed by atoms with Gasteiger partial charge in [0.05, 0.1) is 11.2 Å². The number of nitrogens with one attached hydrogen (secondary N) is 1. The molecule has 1 N–H and O–H groups in total. The van der Waals surface area contributed by atoms with Gasteiger partial charge >= 0.3 is 0 Å². The van der Waals surface area contributed by atoms with Gasteiger partial charge in [0, 0.05) is 12.1 Å². The van der Waals surface area contributed by atoms with E-state index >= 15 is 0 Å². The highest BCUT2D eigenvalue weighted by atomic mass is 32.2. The molecular weight excluding hydrogens is 398 g/mol. The maximum absolute atomic E-state index is 13.2. The van der Waals surface area contributed by atoms with Crippen LogP contribution in [0, 0.1) is 6.92 Å². The molecule has 1 amide bonds. The average molecular weight is 426 g/mol. The molecule has 0 fully saturated rings. The summed E-state index contributed by atoms with van der Waals surface area (Å²) in [7, 11) is -3.75. The largest absolute Gasteiger partial charge is 0.468 e. The lowest BCUT2D eigenvalue weighted by atomic mass is 9.87. The van der Waals surface area contributed by atoms with Crippen molar-refractivity contribution in [3.63, 3.8) is 0 Å². The van der Waals surface area contributed by atoms with Crippen molar-refractivity contribution in [1.82, 2.24) is 5.32 Å². The summed E-state index contributed by atoms with van der Waals surface area (Å²) in [5.41, 5.74) is 2.56. The fraction of sp³-hybridized carbons (Fsp3) is 0.292. The molecule has 30 heavy (non-hydrogen) atoms. The molecule has 0 spiro atoms. The van der Waals surface area contributed by atoms with Gasteiger partial charge < -0.3 is 9.73 Å². The van der Waals surface area contributed by atoms with Crippen molar-refractivity contribution in [1.29, 1.82) is 0 Å². The molecule has 5 nitrogen and oxygen atoms in total. The molecule has 0 saturated heterocycles. The molecular formula is C24H27NO4S. The summed E-state index contributed by atoms with van der Waals surface area (Å²) in [5.74, 6) is -0.0370. The third-order valence-corrected chi connectivity index (χ3v) is 7.12. The summed E-state index contributed by atoms with van der Waals surface area (Å²) in [6.45, 7) is 8.11. The first-order chi connectivity index (χ1) is 14.1. The van der Waals surface area contributed by atoms with E-state index < -0.39 is 15.1 Å². The number of sulfone groups is 1. The van der Waals surface area contributed by atoms with Crippen LogP contribution in [-0.2, 0) is 15.3 Å². The quantitative estimate of drug-likeness (QED) is 0.614. The highest BCUT2D eigenvalue weighted by Gasteiger charge is 2.32. The van der Waals surface area contributed by atoms with Gasteiger partial charge in [-0.25, -0.2) is 8.42 Å². The minimum Gasteiger partial charge on any atom is -0.468 e. The van der Waals surface area contributed by atoms with E-state index in [9.17, 15) is 13.2 Å². The highest BCUT2D eigenvalue weighted by Crippen LogP contribution is 2.29. The first kappa shape index (κ1) is 21.8. The molecule has 0 aliphatic rings. The molecule has 0 saturated carbocycles. The van der Waals surface area contributed by atoms with Gasteiger partial charge in [-0.15, -0.1) is 0 Å². The second-order valence-corrected chi connectivity index (χ2v) is 10.5. The van der Waals surface area contributed by atoms with E-state index in [1.54, 1.807) is 48.5 Å². The van der Waals surface area contributed by atoms with E-state index in [1.165, 1.54) is 6.26 Å². The topological polar surface area (TPSA) is 76.4 Å². The SMILES string of the molecule is Cc1ccc(S(=O)(=O)[C@@H](CNC(=O)c2ccc(C(C)(C)C)cc2)c2ccco2)cc1. The van der Waals surface area contributed by atoms with Crippen LogP contribution >= 0.6 is 0 Å². The van der Waals surface area contributed by atoms with Crippen LogP contribution in [0.4, 0.5) is 0 Å². The summed E-state index contributed by atoms with van der Waals surface area (Å²) in [6, 6.07) is 17.3. The van der Waals surface area contributed by atoms with Gasteiger partial charge in [-0.05, 0) is 54.3 Å². The molecule has 0 aliphatic heterocycles. The van der Waals surface area contributed by atoms with Gasteiger partial charge in [-0.3, -0.25) is 4.79 Å². The van der Waals surface area contributed by atoms with Crippen LogP contribution in [0.1, 0.15) is 53.3 Å². The molecule has 1 aromatic heterocycles. The third-order valence-electron chi connectivity index (χ3n) is 5.05. The Balaban J connectivity index is 1.81. The standard InChI is InChI=1S/C24H27NO4S/c1-17-7-13-20(14-8-17)30(27,28)22(21-6-5-15-29-21)16-25-23(26)18-9-11-19(12-10-18)24(2,3)4/h5-15,22H,16H2,1-4H3,(H,25,26)/t22-/m0/s1. The van der Waals surface area contributed by atoms with E-state index in [4.69, 9.17) is 4.42 Å². The monoisotopic (exact) mass is 425 g/mol. The summed E-state index contributed by atoms with van der Waals surface area (Å²) >= 11 is 0. The van der Waals surface area contributed by atoms with Crippen LogP contribution in [-0.4, -0.2) is 20.9 Å². The molecule has 3 rings (SSSR count). The Labute approximate surface area is 178 Å². The minimum atomic E-state index is -3.75. The number of benzene rings is 2. The smallest absolute Gasteiger partial charge is 0.251 e. The molecule has 0 aliphatic carbocycles. The van der Waals surface area contributed by atoms with Gasteiger partial charge in [0.15, 0.2) is 9.84 Å². The lowest BCUT2D eigenvalue weighted by Crippen LogP contribution is -2.31. The number of rotatable bonds is 6. The van der Waals surface area contributed by atoms with Crippen molar-refractivity contribution in [2.75, 3.05) is 6.54 Å². The Morgan fingerprint density at radius 2 is 1.63 bits per heavy atom. The number of furan rings is 1. The number of aryl methyl sites for hydroxylation is 1. The van der Waals surface area contributed by atoms with Crippen molar-refractivity contribution >= 4 is 15.7 Å². The predicted octanol–water partition coefficient (Wildman–Crippen LogP) is 4.83. The van der Waals surface area contributed by atoms with Gasteiger partial charge in [0.25, 0.3) is 5.91 Å². The zero-order valence-corrected chi connectivity index (χ0v) is 18.5. The minimum absolute atomic E-state index is 0.0124. The number of hydrogen-bond donors (Lipinski definition) is 1. The third kappa shape index (κ3) is 4.82. The Kier molecular flexibility index (Phi) is 6.17. The molecule has 1 atom stereocenters. The van der Waals surface area contributed by atoms with E-state index in [2.05, 4.69) is 26.1 Å². The number of carbonyl (C=O) groups excluding carboxylic acids is 1. The summed E-state index contributed by atoms with van der Waals surface area (Å²) in [6.07, 6.45) is 1.43.